The van der Waals surface area contributed by atoms with Crippen molar-refractivity contribution in [1.29, 1.82) is 0 Å². The van der Waals surface area contributed by atoms with Crippen LogP contribution in [0.2, 0.25) is 0 Å². The number of nitrogens with one attached hydrogen (secondary N) is 2. The summed E-state index contributed by atoms with van der Waals surface area (Å²) in [5.74, 6) is -1.86. The zero-order valence-corrected chi connectivity index (χ0v) is 11.8. The Hall–Kier alpha value is -1.49. The van der Waals surface area contributed by atoms with Gasteiger partial charge in [0, 0.05) is 12.6 Å². The number of carbonyl (C=O) groups excluding carboxylic acids is 1. The van der Waals surface area contributed by atoms with E-state index in [1.54, 1.807) is 0 Å². The number of carbonyl (C=O) groups is 1. The molecule has 0 radical (unpaired) electrons. The minimum Gasteiger partial charge on any atom is -0.350 e. The Labute approximate surface area is 117 Å². The first-order valence-corrected chi connectivity index (χ1v) is 6.97. The van der Waals surface area contributed by atoms with Crippen molar-refractivity contribution in [2.24, 2.45) is 5.92 Å². The molecule has 5 heteroatoms. The van der Waals surface area contributed by atoms with Crippen molar-refractivity contribution in [3.63, 3.8) is 0 Å². The van der Waals surface area contributed by atoms with Gasteiger partial charge in [0.2, 0.25) is 0 Å². The van der Waals surface area contributed by atoms with Crippen LogP contribution >= 0.6 is 0 Å². The number of rotatable bonds is 3. The highest BCUT2D eigenvalue weighted by molar-refractivity contribution is 5.95. The van der Waals surface area contributed by atoms with Crippen LogP contribution in [0.4, 0.5) is 8.78 Å². The second-order valence-electron chi connectivity index (χ2n) is 5.44. The molecule has 1 fully saturated rings. The molecule has 2 rings (SSSR count). The first-order valence-electron chi connectivity index (χ1n) is 6.97. The van der Waals surface area contributed by atoms with Crippen LogP contribution in [-0.2, 0) is 0 Å². The van der Waals surface area contributed by atoms with Crippen molar-refractivity contribution in [3.05, 3.63) is 34.9 Å². The lowest BCUT2D eigenvalue weighted by Gasteiger charge is -2.30. The summed E-state index contributed by atoms with van der Waals surface area (Å²) >= 11 is 0. The number of benzene rings is 1. The molecule has 1 aliphatic heterocycles. The van der Waals surface area contributed by atoms with Gasteiger partial charge in [0.25, 0.3) is 5.91 Å². The quantitative estimate of drug-likeness (QED) is 0.894. The minimum absolute atomic E-state index is 0.156. The van der Waals surface area contributed by atoms with E-state index in [1.165, 1.54) is 13.0 Å². The van der Waals surface area contributed by atoms with Gasteiger partial charge in [0.15, 0.2) is 0 Å². The summed E-state index contributed by atoms with van der Waals surface area (Å²) in [6, 6.07) is 2.60. The molecule has 2 atom stereocenters. The summed E-state index contributed by atoms with van der Waals surface area (Å²) in [4.78, 5) is 12.0. The lowest BCUT2D eigenvalue weighted by atomic mass is 9.92. The van der Waals surface area contributed by atoms with Gasteiger partial charge in [0.05, 0.1) is 0 Å². The predicted octanol–water partition coefficient (Wildman–Crippen LogP) is 2.39. The average Bonchev–Trinajstić information content (AvgIpc) is 2.42. The molecule has 1 amide bonds. The molecular formula is C15H20F2N2O. The fourth-order valence-corrected chi connectivity index (χ4v) is 2.54. The number of hydrogen-bond acceptors (Lipinski definition) is 2. The van der Waals surface area contributed by atoms with E-state index in [2.05, 4.69) is 17.6 Å². The maximum atomic E-state index is 13.8. The van der Waals surface area contributed by atoms with Gasteiger partial charge in [0.1, 0.15) is 17.2 Å². The van der Waals surface area contributed by atoms with E-state index in [4.69, 9.17) is 0 Å². The zero-order chi connectivity index (χ0) is 14.7. The second kappa shape index (κ2) is 6.31. The first-order chi connectivity index (χ1) is 9.50. The number of halogens is 2. The van der Waals surface area contributed by atoms with E-state index < -0.39 is 23.1 Å². The molecule has 0 aliphatic carbocycles. The van der Waals surface area contributed by atoms with Crippen molar-refractivity contribution in [2.75, 3.05) is 13.1 Å². The van der Waals surface area contributed by atoms with Crippen LogP contribution in [0.25, 0.3) is 0 Å². The molecule has 1 aliphatic rings. The van der Waals surface area contributed by atoms with Gasteiger partial charge < -0.3 is 10.6 Å². The molecule has 0 bridgehead atoms. The molecule has 1 heterocycles. The Balaban J connectivity index is 2.03. The lowest BCUT2D eigenvalue weighted by molar-refractivity contribution is 0.0935. The van der Waals surface area contributed by atoms with E-state index in [0.29, 0.717) is 12.5 Å². The predicted molar refractivity (Wildman–Crippen MR) is 73.6 cm³/mol. The van der Waals surface area contributed by atoms with E-state index in [1.807, 2.05) is 0 Å². The van der Waals surface area contributed by atoms with Crippen LogP contribution in [0.3, 0.4) is 0 Å². The average molecular weight is 282 g/mol. The van der Waals surface area contributed by atoms with Crippen molar-refractivity contribution in [3.8, 4) is 0 Å². The molecular weight excluding hydrogens is 262 g/mol. The summed E-state index contributed by atoms with van der Waals surface area (Å²) < 4.78 is 27.4. The van der Waals surface area contributed by atoms with E-state index >= 15 is 0 Å². The Morgan fingerprint density at radius 2 is 2.20 bits per heavy atom. The van der Waals surface area contributed by atoms with E-state index in [0.717, 1.165) is 25.5 Å². The van der Waals surface area contributed by atoms with Gasteiger partial charge in [-0.25, -0.2) is 8.78 Å². The third-order valence-corrected chi connectivity index (χ3v) is 3.92. The van der Waals surface area contributed by atoms with Crippen LogP contribution in [0.1, 0.15) is 35.7 Å². The smallest absolute Gasteiger partial charge is 0.257 e. The maximum absolute atomic E-state index is 13.8. The first kappa shape index (κ1) is 14.9. The molecule has 0 spiro atoms. The summed E-state index contributed by atoms with van der Waals surface area (Å²) in [5.41, 5.74) is -0.228. The van der Waals surface area contributed by atoms with E-state index in [-0.39, 0.29) is 11.6 Å². The third-order valence-electron chi connectivity index (χ3n) is 3.92. The van der Waals surface area contributed by atoms with Gasteiger partial charge in [-0.05, 0) is 43.9 Å². The highest BCUT2D eigenvalue weighted by Gasteiger charge is 2.23. The van der Waals surface area contributed by atoms with Crippen LogP contribution in [0, 0.1) is 24.5 Å². The maximum Gasteiger partial charge on any atom is 0.257 e. The van der Waals surface area contributed by atoms with Gasteiger partial charge in [-0.3, -0.25) is 4.79 Å². The summed E-state index contributed by atoms with van der Waals surface area (Å²) in [6.45, 7) is 4.91. The van der Waals surface area contributed by atoms with Crippen LogP contribution in [-0.4, -0.2) is 25.0 Å². The third kappa shape index (κ3) is 3.15. The normalized spacial score (nSPS) is 22.6. The van der Waals surface area contributed by atoms with Crippen molar-refractivity contribution in [2.45, 2.75) is 32.7 Å². The molecule has 0 saturated carbocycles. The fraction of sp³-hybridized carbons (Fsp3) is 0.533. The Morgan fingerprint density at radius 1 is 1.45 bits per heavy atom. The minimum atomic E-state index is -0.824. The fourth-order valence-electron chi connectivity index (χ4n) is 2.54. The molecule has 2 N–H and O–H groups in total. The zero-order valence-electron chi connectivity index (χ0n) is 11.8. The number of hydrogen-bond donors (Lipinski definition) is 2. The van der Waals surface area contributed by atoms with Gasteiger partial charge in [-0.2, -0.15) is 0 Å². The molecule has 1 aromatic rings. The topological polar surface area (TPSA) is 41.1 Å². The van der Waals surface area contributed by atoms with Crippen molar-refractivity contribution < 1.29 is 13.6 Å². The number of piperidine rings is 1. The molecule has 2 unspecified atom stereocenters. The standard InChI is InChI=1S/C15H20F2N2O/c1-9-4-3-7-18-12(9)8-19-15(20)13-11(16)6-5-10(2)14(13)17/h5-6,9,12,18H,3-4,7-8H2,1-2H3,(H,19,20). The molecule has 110 valence electrons. The summed E-state index contributed by atoms with van der Waals surface area (Å²) in [6.07, 6.45) is 2.22. The van der Waals surface area contributed by atoms with Crippen molar-refractivity contribution in [1.82, 2.24) is 10.6 Å². The molecule has 0 aromatic heterocycles. The van der Waals surface area contributed by atoms with Gasteiger partial charge in [-0.1, -0.05) is 13.0 Å². The van der Waals surface area contributed by atoms with Crippen LogP contribution in [0.5, 0.6) is 0 Å². The second-order valence-corrected chi connectivity index (χ2v) is 5.44. The van der Waals surface area contributed by atoms with Gasteiger partial charge >= 0.3 is 0 Å². The summed E-state index contributed by atoms with van der Waals surface area (Å²) in [5, 5.41) is 5.94. The number of amides is 1. The molecule has 20 heavy (non-hydrogen) atoms. The Kier molecular flexibility index (Phi) is 4.70. The SMILES string of the molecule is Cc1ccc(F)c(C(=O)NCC2NCCCC2C)c1F. The number of aryl methyl sites for hydroxylation is 1. The molecule has 1 saturated heterocycles. The van der Waals surface area contributed by atoms with E-state index in [9.17, 15) is 13.6 Å². The Morgan fingerprint density at radius 3 is 2.90 bits per heavy atom. The Bertz CT molecular complexity index is 505. The van der Waals surface area contributed by atoms with Crippen LogP contribution < -0.4 is 10.6 Å². The molecule has 1 aromatic carbocycles. The highest BCUT2D eigenvalue weighted by Crippen LogP contribution is 2.17. The van der Waals surface area contributed by atoms with Crippen molar-refractivity contribution >= 4 is 5.91 Å². The van der Waals surface area contributed by atoms with Gasteiger partial charge in [-0.15, -0.1) is 0 Å². The van der Waals surface area contributed by atoms with Crippen LogP contribution in [0.15, 0.2) is 12.1 Å². The molecule has 3 nitrogen and oxygen atoms in total. The monoisotopic (exact) mass is 282 g/mol. The summed E-state index contributed by atoms with van der Waals surface area (Å²) in [7, 11) is 0. The lowest BCUT2D eigenvalue weighted by Crippen LogP contribution is -2.48. The largest absolute Gasteiger partial charge is 0.350 e. The highest BCUT2D eigenvalue weighted by atomic mass is 19.1.